The van der Waals surface area contributed by atoms with Crippen molar-refractivity contribution in [2.75, 3.05) is 28.2 Å². The molecule has 0 N–H and O–H groups in total. The summed E-state index contributed by atoms with van der Waals surface area (Å²) in [5, 5.41) is 0. The van der Waals surface area contributed by atoms with Crippen LogP contribution in [0.4, 0.5) is 0 Å². The zero-order valence-electron chi connectivity index (χ0n) is 10.3. The summed E-state index contributed by atoms with van der Waals surface area (Å²) >= 11 is 16.9. The summed E-state index contributed by atoms with van der Waals surface area (Å²) in [6, 6.07) is 0. The quantitative estimate of drug-likeness (QED) is 0.321. The smallest absolute Gasteiger partial charge is 1.00 e. The van der Waals surface area contributed by atoms with Gasteiger partial charge in [0.05, 0.1) is 0 Å². The molecule has 0 fully saturated rings. The molecule has 0 saturated heterocycles. The minimum Gasteiger partial charge on any atom is -1.00 e. The van der Waals surface area contributed by atoms with Gasteiger partial charge in [-0.2, -0.15) is 0 Å². The summed E-state index contributed by atoms with van der Waals surface area (Å²) < 4.78 is 1.24. The standard InChI is InChI=1S/2C3H7NS2.Na.Zn.H/c2*1-4(2)3(5)6;;;/h2*1-2H3,(H,5,6);;;/q;;+1;;-1. The fourth-order valence-electron chi connectivity index (χ4n) is 0. The fraction of sp³-hybridized carbons (Fsp3) is 0.667. The Hall–Kier alpha value is 2.10. The van der Waals surface area contributed by atoms with E-state index in [9.17, 15) is 0 Å². The molecule has 0 aliphatic rings. The van der Waals surface area contributed by atoms with Crippen molar-refractivity contribution in [3.8, 4) is 0 Å². The second-order valence-electron chi connectivity index (χ2n) is 2.35. The van der Waals surface area contributed by atoms with Gasteiger partial charge in [0.25, 0.3) is 0 Å². The molecule has 14 heavy (non-hydrogen) atoms. The van der Waals surface area contributed by atoms with Crippen LogP contribution in [-0.2, 0) is 19.5 Å². The van der Waals surface area contributed by atoms with Crippen LogP contribution in [0.2, 0.25) is 0 Å². The molecular formula is C6H15N2NaS4Zn. The summed E-state index contributed by atoms with van der Waals surface area (Å²) in [5.74, 6) is 0. The third-order valence-electron chi connectivity index (χ3n) is 0.765. The van der Waals surface area contributed by atoms with Crippen molar-refractivity contribution < 1.29 is 50.5 Å². The van der Waals surface area contributed by atoms with Crippen LogP contribution in [0, 0.1) is 0 Å². The number of thiol groups is 2. The number of hydrogen-bond donors (Lipinski definition) is 2. The molecule has 0 aromatic heterocycles. The molecule has 0 saturated carbocycles. The average molecular weight is 332 g/mol. The molecule has 0 radical (unpaired) electrons. The maximum absolute atomic E-state index is 4.61. The second-order valence-corrected chi connectivity index (χ2v) is 4.58. The van der Waals surface area contributed by atoms with Gasteiger partial charge in [-0.15, -0.1) is 25.3 Å². The SMILES string of the molecule is CN(C)C(=S)S.CN(C)C(=S)S.[H-].[Na+].[Zn]. The predicted octanol–water partition coefficient (Wildman–Crippen LogP) is -1.36. The Morgan fingerprint density at radius 3 is 1.00 bits per heavy atom. The Labute approximate surface area is 145 Å². The molecule has 8 heteroatoms. The van der Waals surface area contributed by atoms with Gasteiger partial charge in [0, 0.05) is 47.7 Å². The third kappa shape index (κ3) is 23.7. The van der Waals surface area contributed by atoms with Gasteiger partial charge in [0.2, 0.25) is 0 Å². The molecule has 0 aliphatic heterocycles. The Balaban J connectivity index is -0.0000000370. The molecule has 2 nitrogen and oxygen atoms in total. The molecule has 0 unspecified atom stereocenters. The minimum atomic E-state index is 0. The van der Waals surface area contributed by atoms with E-state index in [1.807, 2.05) is 28.2 Å². The maximum Gasteiger partial charge on any atom is 1.00 e. The van der Waals surface area contributed by atoms with Gasteiger partial charge in [-0.1, -0.05) is 24.4 Å². The molecule has 0 bridgehead atoms. The number of hydrogen-bond acceptors (Lipinski definition) is 2. The summed E-state index contributed by atoms with van der Waals surface area (Å²) in [4.78, 5) is 3.52. The summed E-state index contributed by atoms with van der Waals surface area (Å²) in [6.45, 7) is 0. The van der Waals surface area contributed by atoms with Crippen LogP contribution >= 0.6 is 49.7 Å². The van der Waals surface area contributed by atoms with Crippen molar-refractivity contribution in [1.82, 2.24) is 9.80 Å². The topological polar surface area (TPSA) is 6.48 Å². The fourth-order valence-corrected chi connectivity index (χ4v) is 0. The Morgan fingerprint density at radius 1 is 0.929 bits per heavy atom. The van der Waals surface area contributed by atoms with Gasteiger partial charge >= 0.3 is 29.6 Å². The van der Waals surface area contributed by atoms with E-state index in [1.54, 1.807) is 9.80 Å². The van der Waals surface area contributed by atoms with E-state index in [2.05, 4.69) is 49.7 Å². The minimum absolute atomic E-state index is 0. The predicted molar refractivity (Wildman–Crippen MR) is 71.7 cm³/mol. The van der Waals surface area contributed by atoms with Crippen LogP contribution in [0.1, 0.15) is 1.43 Å². The zero-order valence-corrected chi connectivity index (χ0v) is 17.7. The van der Waals surface area contributed by atoms with E-state index >= 15 is 0 Å². The molecule has 0 spiro atoms. The van der Waals surface area contributed by atoms with Gasteiger partial charge in [-0.3, -0.25) is 0 Å². The molecule has 0 aromatic carbocycles. The largest absolute Gasteiger partial charge is 1.00 e. The molecule has 76 valence electrons. The number of nitrogens with zero attached hydrogens (tertiary/aromatic N) is 2. The molecule has 0 rings (SSSR count). The van der Waals surface area contributed by atoms with Crippen LogP contribution in [0.3, 0.4) is 0 Å². The Bertz CT molecular complexity index is 153. The Kier molecular flexibility index (Phi) is 27.1. The summed E-state index contributed by atoms with van der Waals surface area (Å²) in [5.41, 5.74) is 0. The van der Waals surface area contributed by atoms with E-state index < -0.39 is 0 Å². The number of rotatable bonds is 0. The Morgan fingerprint density at radius 2 is 1.00 bits per heavy atom. The molecule has 0 amide bonds. The van der Waals surface area contributed by atoms with Crippen LogP contribution in [-0.4, -0.2) is 46.6 Å². The van der Waals surface area contributed by atoms with Crippen molar-refractivity contribution in [2.24, 2.45) is 0 Å². The summed E-state index contributed by atoms with van der Waals surface area (Å²) in [6.07, 6.45) is 0. The number of thiocarbonyl (C=S) groups is 2. The van der Waals surface area contributed by atoms with Gasteiger partial charge in [0.15, 0.2) is 0 Å². The zero-order chi connectivity index (χ0) is 10.3. The van der Waals surface area contributed by atoms with Crippen LogP contribution in [0.5, 0.6) is 0 Å². The van der Waals surface area contributed by atoms with Crippen molar-refractivity contribution in [3.63, 3.8) is 0 Å². The first kappa shape index (κ1) is 25.1. The van der Waals surface area contributed by atoms with E-state index in [4.69, 9.17) is 0 Å². The molecular weight excluding hydrogens is 317 g/mol. The van der Waals surface area contributed by atoms with Gasteiger partial charge in [-0.25, -0.2) is 0 Å². The average Bonchev–Trinajstić information content (AvgIpc) is 1.88. The normalized spacial score (nSPS) is 6.71. The van der Waals surface area contributed by atoms with Gasteiger partial charge in [-0.05, 0) is 0 Å². The first-order valence-electron chi connectivity index (χ1n) is 3.09. The van der Waals surface area contributed by atoms with E-state index in [0.29, 0.717) is 8.64 Å². The maximum atomic E-state index is 4.61. The molecule has 0 aliphatic carbocycles. The van der Waals surface area contributed by atoms with Crippen LogP contribution in [0.15, 0.2) is 0 Å². The van der Waals surface area contributed by atoms with E-state index in [-0.39, 0.29) is 50.5 Å². The van der Waals surface area contributed by atoms with E-state index in [0.717, 1.165) is 0 Å². The third-order valence-corrected chi connectivity index (χ3v) is 2.30. The van der Waals surface area contributed by atoms with Crippen molar-refractivity contribution in [1.29, 1.82) is 0 Å². The second kappa shape index (κ2) is 15.1. The van der Waals surface area contributed by atoms with Crippen molar-refractivity contribution in [3.05, 3.63) is 0 Å². The summed E-state index contributed by atoms with van der Waals surface area (Å²) in [7, 11) is 7.43. The van der Waals surface area contributed by atoms with Crippen molar-refractivity contribution >= 4 is 58.3 Å². The first-order chi connectivity index (χ1) is 5.29. The van der Waals surface area contributed by atoms with Crippen molar-refractivity contribution in [2.45, 2.75) is 0 Å². The van der Waals surface area contributed by atoms with E-state index in [1.165, 1.54) is 0 Å². The monoisotopic (exact) mass is 330 g/mol. The van der Waals surface area contributed by atoms with Gasteiger partial charge < -0.3 is 11.2 Å². The first-order valence-corrected chi connectivity index (χ1v) is 4.80. The molecule has 0 heterocycles. The molecule has 0 atom stereocenters. The van der Waals surface area contributed by atoms with Crippen LogP contribution < -0.4 is 29.6 Å². The van der Waals surface area contributed by atoms with Gasteiger partial charge in [0.1, 0.15) is 8.64 Å². The molecule has 0 aromatic rings. The van der Waals surface area contributed by atoms with Crippen LogP contribution in [0.25, 0.3) is 0 Å².